The van der Waals surface area contributed by atoms with Crippen molar-refractivity contribution >= 4 is 0 Å². The molecule has 0 aliphatic heterocycles. The average Bonchev–Trinajstić information content (AvgIpc) is 2.60. The zero-order valence-electron chi connectivity index (χ0n) is 8.53. The van der Waals surface area contributed by atoms with E-state index in [1.165, 1.54) is 5.56 Å². The number of hydrogen-bond acceptors (Lipinski definition) is 2. The minimum Gasteiger partial charge on any atom is -0.450 e. The highest BCUT2D eigenvalue weighted by molar-refractivity contribution is 5.31. The second-order valence-electron chi connectivity index (χ2n) is 3.50. The summed E-state index contributed by atoms with van der Waals surface area (Å²) in [5.74, 6) is 1.26. The summed E-state index contributed by atoms with van der Waals surface area (Å²) in [6.45, 7) is 1.89. The van der Waals surface area contributed by atoms with Crippen LogP contribution in [-0.4, -0.2) is 0 Å². The second kappa shape index (κ2) is 4.02. The monoisotopic (exact) mass is 197 g/mol. The summed E-state index contributed by atoms with van der Waals surface area (Å²) in [7, 11) is 0. The molecule has 2 heteroatoms. The van der Waals surface area contributed by atoms with Gasteiger partial charge in [0.2, 0.25) is 5.76 Å². The summed E-state index contributed by atoms with van der Waals surface area (Å²) < 4.78 is 5.41. The Morgan fingerprint density at radius 3 is 2.60 bits per heavy atom. The minimum absolute atomic E-state index is 0.418. The van der Waals surface area contributed by atoms with Crippen LogP contribution in [-0.2, 0) is 6.42 Å². The lowest BCUT2D eigenvalue weighted by molar-refractivity contribution is 0.507. The Morgan fingerprint density at radius 1 is 1.27 bits per heavy atom. The van der Waals surface area contributed by atoms with Crippen molar-refractivity contribution in [2.45, 2.75) is 13.3 Å². The number of aryl methyl sites for hydroxylation is 1. The van der Waals surface area contributed by atoms with Crippen LogP contribution in [0.2, 0.25) is 0 Å². The Balaban J connectivity index is 2.23. The number of nitriles is 1. The SMILES string of the molecule is Cc1cc(Cc2ccccc2)oc1C#N. The quantitative estimate of drug-likeness (QED) is 0.741. The van der Waals surface area contributed by atoms with E-state index in [4.69, 9.17) is 9.68 Å². The summed E-state index contributed by atoms with van der Waals surface area (Å²) in [4.78, 5) is 0. The van der Waals surface area contributed by atoms with Crippen molar-refractivity contribution in [3.8, 4) is 6.07 Å². The van der Waals surface area contributed by atoms with Gasteiger partial charge in [-0.25, -0.2) is 0 Å². The van der Waals surface area contributed by atoms with Gasteiger partial charge in [0.05, 0.1) is 0 Å². The molecule has 0 spiro atoms. The molecular formula is C13H11NO. The molecule has 0 aliphatic rings. The first-order valence-electron chi connectivity index (χ1n) is 4.83. The number of rotatable bonds is 2. The second-order valence-corrected chi connectivity index (χ2v) is 3.50. The fourth-order valence-corrected chi connectivity index (χ4v) is 1.54. The smallest absolute Gasteiger partial charge is 0.206 e. The standard InChI is InChI=1S/C13H11NO/c1-10-7-12(15-13(10)9-14)8-11-5-3-2-4-6-11/h2-7H,8H2,1H3. The first kappa shape index (κ1) is 9.54. The first-order valence-corrected chi connectivity index (χ1v) is 4.83. The third kappa shape index (κ3) is 2.08. The van der Waals surface area contributed by atoms with E-state index in [-0.39, 0.29) is 0 Å². The highest BCUT2D eigenvalue weighted by Crippen LogP contribution is 2.16. The largest absolute Gasteiger partial charge is 0.450 e. The molecule has 15 heavy (non-hydrogen) atoms. The van der Waals surface area contributed by atoms with Gasteiger partial charge in [-0.05, 0) is 18.6 Å². The molecule has 74 valence electrons. The number of benzene rings is 1. The van der Waals surface area contributed by atoms with Gasteiger partial charge in [0.15, 0.2) is 0 Å². The predicted octanol–water partition coefficient (Wildman–Crippen LogP) is 3.05. The Bertz CT molecular complexity index is 491. The van der Waals surface area contributed by atoms with Crippen LogP contribution in [0.4, 0.5) is 0 Å². The fourth-order valence-electron chi connectivity index (χ4n) is 1.54. The summed E-state index contributed by atoms with van der Waals surface area (Å²) in [5.41, 5.74) is 2.10. The molecule has 0 amide bonds. The molecular weight excluding hydrogens is 186 g/mol. The maximum absolute atomic E-state index is 8.75. The first-order chi connectivity index (χ1) is 7.29. The van der Waals surface area contributed by atoms with Crippen LogP contribution in [0, 0.1) is 18.3 Å². The van der Waals surface area contributed by atoms with Crippen LogP contribution < -0.4 is 0 Å². The lowest BCUT2D eigenvalue weighted by atomic mass is 10.1. The highest BCUT2D eigenvalue weighted by atomic mass is 16.3. The lowest BCUT2D eigenvalue weighted by Gasteiger charge is -1.95. The molecule has 0 N–H and O–H groups in total. The normalized spacial score (nSPS) is 9.87. The van der Waals surface area contributed by atoms with E-state index in [2.05, 4.69) is 0 Å². The Hall–Kier alpha value is -2.01. The molecule has 0 fully saturated rings. The Labute approximate surface area is 88.8 Å². The van der Waals surface area contributed by atoms with Crippen molar-refractivity contribution < 1.29 is 4.42 Å². The molecule has 2 nitrogen and oxygen atoms in total. The number of hydrogen-bond donors (Lipinski definition) is 0. The zero-order valence-corrected chi connectivity index (χ0v) is 8.53. The molecule has 0 aliphatic carbocycles. The molecule has 0 saturated heterocycles. The summed E-state index contributed by atoms with van der Waals surface area (Å²) in [6.07, 6.45) is 0.739. The van der Waals surface area contributed by atoms with Gasteiger partial charge in [0.1, 0.15) is 11.8 Å². The maximum atomic E-state index is 8.75. The highest BCUT2D eigenvalue weighted by Gasteiger charge is 2.06. The molecule has 0 radical (unpaired) electrons. The molecule has 1 aromatic carbocycles. The maximum Gasteiger partial charge on any atom is 0.206 e. The van der Waals surface area contributed by atoms with Gasteiger partial charge in [-0.1, -0.05) is 30.3 Å². The topological polar surface area (TPSA) is 36.9 Å². The van der Waals surface area contributed by atoms with Gasteiger partial charge < -0.3 is 4.42 Å². The van der Waals surface area contributed by atoms with E-state index in [1.807, 2.05) is 49.4 Å². The third-order valence-corrected chi connectivity index (χ3v) is 2.29. The van der Waals surface area contributed by atoms with Crippen molar-refractivity contribution in [2.24, 2.45) is 0 Å². The van der Waals surface area contributed by atoms with Gasteiger partial charge in [-0.3, -0.25) is 0 Å². The lowest BCUT2D eigenvalue weighted by Crippen LogP contribution is -1.83. The van der Waals surface area contributed by atoms with E-state index >= 15 is 0 Å². The van der Waals surface area contributed by atoms with Crippen molar-refractivity contribution in [2.75, 3.05) is 0 Å². The zero-order chi connectivity index (χ0) is 10.7. The van der Waals surface area contributed by atoms with Crippen LogP contribution in [0.3, 0.4) is 0 Å². The Morgan fingerprint density at radius 2 is 2.00 bits per heavy atom. The van der Waals surface area contributed by atoms with Crippen LogP contribution in [0.1, 0.15) is 22.6 Å². The van der Waals surface area contributed by atoms with E-state index < -0.39 is 0 Å². The fraction of sp³-hybridized carbons (Fsp3) is 0.154. The molecule has 2 rings (SSSR count). The Kier molecular flexibility index (Phi) is 2.55. The molecule has 0 saturated carbocycles. The molecule has 0 bridgehead atoms. The summed E-state index contributed by atoms with van der Waals surface area (Å²) in [5, 5.41) is 8.75. The minimum atomic E-state index is 0.418. The van der Waals surface area contributed by atoms with Crippen LogP contribution in [0.25, 0.3) is 0 Å². The van der Waals surface area contributed by atoms with Gasteiger partial charge in [0, 0.05) is 12.0 Å². The summed E-state index contributed by atoms with van der Waals surface area (Å²) in [6, 6.07) is 14.0. The number of furan rings is 1. The van der Waals surface area contributed by atoms with Gasteiger partial charge in [-0.15, -0.1) is 0 Å². The average molecular weight is 197 g/mol. The van der Waals surface area contributed by atoms with E-state index in [9.17, 15) is 0 Å². The molecule has 1 heterocycles. The number of nitrogens with zero attached hydrogens (tertiary/aromatic N) is 1. The third-order valence-electron chi connectivity index (χ3n) is 2.29. The molecule has 2 aromatic rings. The van der Waals surface area contributed by atoms with E-state index in [0.29, 0.717) is 5.76 Å². The van der Waals surface area contributed by atoms with Crippen molar-refractivity contribution in [1.29, 1.82) is 5.26 Å². The van der Waals surface area contributed by atoms with Crippen molar-refractivity contribution in [1.82, 2.24) is 0 Å². The van der Waals surface area contributed by atoms with Crippen molar-refractivity contribution in [3.63, 3.8) is 0 Å². The molecule has 0 unspecified atom stereocenters. The van der Waals surface area contributed by atoms with Gasteiger partial charge in [0.25, 0.3) is 0 Å². The summed E-state index contributed by atoms with van der Waals surface area (Å²) >= 11 is 0. The van der Waals surface area contributed by atoms with Gasteiger partial charge in [-0.2, -0.15) is 5.26 Å². The van der Waals surface area contributed by atoms with Gasteiger partial charge >= 0.3 is 0 Å². The molecule has 0 atom stereocenters. The van der Waals surface area contributed by atoms with Crippen LogP contribution in [0.5, 0.6) is 0 Å². The van der Waals surface area contributed by atoms with Crippen molar-refractivity contribution in [3.05, 3.63) is 59.0 Å². The van der Waals surface area contributed by atoms with E-state index in [0.717, 1.165) is 17.7 Å². The molecule has 1 aromatic heterocycles. The predicted molar refractivity (Wildman–Crippen MR) is 57.4 cm³/mol. The van der Waals surface area contributed by atoms with Crippen LogP contribution >= 0.6 is 0 Å². The van der Waals surface area contributed by atoms with E-state index in [1.54, 1.807) is 0 Å². The van der Waals surface area contributed by atoms with Crippen LogP contribution in [0.15, 0.2) is 40.8 Å².